The number of guanidine groups is 2. The Kier molecular flexibility index (Phi) is 6.13. The zero-order valence-corrected chi connectivity index (χ0v) is 16.7. The van der Waals surface area contributed by atoms with E-state index in [4.69, 9.17) is 17.3 Å². The van der Waals surface area contributed by atoms with Gasteiger partial charge in [0.05, 0.1) is 6.42 Å². The van der Waals surface area contributed by atoms with E-state index in [1.165, 1.54) is 0 Å². The lowest BCUT2D eigenvalue weighted by molar-refractivity contribution is -0.123. The molecule has 5 N–H and O–H groups in total. The molecular formula is C20H21ClN6O2. The van der Waals surface area contributed by atoms with Crippen LogP contribution in [0.15, 0.2) is 52.4 Å². The second kappa shape index (κ2) is 8.74. The fourth-order valence-corrected chi connectivity index (χ4v) is 2.90. The average Bonchev–Trinajstić information content (AvgIpc) is 2.98. The van der Waals surface area contributed by atoms with Gasteiger partial charge in [0, 0.05) is 16.4 Å². The number of nitrogens with zero attached hydrogens (tertiary/aromatic N) is 2. The summed E-state index contributed by atoms with van der Waals surface area (Å²) < 4.78 is 0. The second-order valence-corrected chi connectivity index (χ2v) is 7.04. The predicted molar refractivity (Wildman–Crippen MR) is 115 cm³/mol. The van der Waals surface area contributed by atoms with Crippen molar-refractivity contribution in [2.75, 3.05) is 10.6 Å². The van der Waals surface area contributed by atoms with E-state index in [-0.39, 0.29) is 24.2 Å². The third kappa shape index (κ3) is 5.32. The normalized spacial score (nSPS) is 16.2. The van der Waals surface area contributed by atoms with Crippen molar-refractivity contribution in [1.29, 1.82) is 0 Å². The van der Waals surface area contributed by atoms with E-state index in [1.807, 2.05) is 38.1 Å². The highest BCUT2D eigenvalue weighted by atomic mass is 35.5. The van der Waals surface area contributed by atoms with Crippen molar-refractivity contribution >= 4 is 46.7 Å². The van der Waals surface area contributed by atoms with Crippen molar-refractivity contribution in [2.45, 2.75) is 26.3 Å². The molecule has 2 aromatic rings. The number of anilines is 2. The molecule has 0 spiro atoms. The Morgan fingerprint density at radius 2 is 1.90 bits per heavy atom. The molecule has 0 fully saturated rings. The lowest BCUT2D eigenvalue weighted by Gasteiger charge is -2.09. The standard InChI is InChI=1S/C20H21ClN6O2/c1-11-5-3-4-6-14(11)24-19(22)27-20-25-16(18(29)26-20)10-17(28)23-15-9-13(21)8-7-12(15)2/h3-9,16H,10H2,1-2H3,(H,23,28)(H4,22,24,25,26,27,29). The molecule has 1 aliphatic heterocycles. The van der Waals surface area contributed by atoms with Crippen LogP contribution in [0.5, 0.6) is 0 Å². The van der Waals surface area contributed by atoms with Gasteiger partial charge in [0.1, 0.15) is 6.04 Å². The van der Waals surface area contributed by atoms with Crippen molar-refractivity contribution in [2.24, 2.45) is 15.7 Å². The maximum atomic E-state index is 12.3. The molecule has 8 nitrogen and oxygen atoms in total. The number of benzene rings is 2. The first kappa shape index (κ1) is 20.3. The Morgan fingerprint density at radius 3 is 2.66 bits per heavy atom. The summed E-state index contributed by atoms with van der Waals surface area (Å²) in [4.78, 5) is 32.7. The van der Waals surface area contributed by atoms with Gasteiger partial charge in [-0.05, 0) is 43.2 Å². The Bertz CT molecular complexity index is 1020. The number of carbonyl (C=O) groups excluding carboxylic acids is 2. The van der Waals surface area contributed by atoms with Crippen LogP contribution >= 0.6 is 11.6 Å². The molecule has 0 aliphatic carbocycles. The van der Waals surface area contributed by atoms with Gasteiger partial charge >= 0.3 is 0 Å². The zero-order valence-electron chi connectivity index (χ0n) is 16.0. The fraction of sp³-hybridized carbons (Fsp3) is 0.200. The molecule has 2 aromatic carbocycles. The first-order chi connectivity index (χ1) is 13.8. The van der Waals surface area contributed by atoms with Gasteiger partial charge in [0.2, 0.25) is 17.8 Å². The van der Waals surface area contributed by atoms with Gasteiger partial charge in [0.15, 0.2) is 0 Å². The number of carbonyl (C=O) groups is 2. The topological polar surface area (TPSA) is 121 Å². The van der Waals surface area contributed by atoms with E-state index < -0.39 is 11.9 Å². The van der Waals surface area contributed by atoms with Crippen molar-refractivity contribution < 1.29 is 9.59 Å². The summed E-state index contributed by atoms with van der Waals surface area (Å²) in [5.41, 5.74) is 9.14. The van der Waals surface area contributed by atoms with E-state index in [9.17, 15) is 9.59 Å². The summed E-state index contributed by atoms with van der Waals surface area (Å²) in [6.07, 6.45) is -0.123. The van der Waals surface area contributed by atoms with Crippen molar-refractivity contribution in [1.82, 2.24) is 5.32 Å². The molecule has 1 aliphatic rings. The number of aryl methyl sites for hydroxylation is 2. The summed E-state index contributed by atoms with van der Waals surface area (Å²) in [6, 6.07) is 11.9. The number of halogens is 1. The zero-order chi connectivity index (χ0) is 21.0. The average molecular weight is 413 g/mol. The molecule has 0 aromatic heterocycles. The predicted octanol–water partition coefficient (Wildman–Crippen LogP) is 2.57. The molecular weight excluding hydrogens is 392 g/mol. The Hall–Kier alpha value is -3.39. The molecule has 150 valence electrons. The molecule has 2 amide bonds. The number of amides is 2. The fourth-order valence-electron chi connectivity index (χ4n) is 2.73. The summed E-state index contributed by atoms with van der Waals surface area (Å²) in [5.74, 6) is -0.621. The quantitative estimate of drug-likeness (QED) is 0.455. The highest BCUT2D eigenvalue weighted by Gasteiger charge is 2.28. The Labute approximate surface area is 173 Å². The molecule has 1 unspecified atom stereocenters. The van der Waals surface area contributed by atoms with Gasteiger partial charge in [-0.2, -0.15) is 4.99 Å². The van der Waals surface area contributed by atoms with Crippen LogP contribution < -0.4 is 21.7 Å². The summed E-state index contributed by atoms with van der Waals surface area (Å²) >= 11 is 5.96. The minimum absolute atomic E-state index is 0.0605. The number of hydrogen-bond acceptors (Lipinski definition) is 4. The van der Waals surface area contributed by atoms with Crippen LogP contribution in [0.2, 0.25) is 5.02 Å². The summed E-state index contributed by atoms with van der Waals surface area (Å²) in [7, 11) is 0. The minimum Gasteiger partial charge on any atom is -0.369 e. The number of nitrogens with one attached hydrogen (secondary N) is 3. The van der Waals surface area contributed by atoms with Crippen LogP contribution in [0, 0.1) is 13.8 Å². The van der Waals surface area contributed by atoms with E-state index in [0.717, 1.165) is 16.8 Å². The maximum absolute atomic E-state index is 12.3. The molecule has 0 saturated carbocycles. The molecule has 1 heterocycles. The van der Waals surface area contributed by atoms with E-state index in [1.54, 1.807) is 18.2 Å². The largest absolute Gasteiger partial charge is 0.369 e. The van der Waals surface area contributed by atoms with Gasteiger partial charge < -0.3 is 16.4 Å². The third-order valence-corrected chi connectivity index (χ3v) is 4.54. The first-order valence-corrected chi connectivity index (χ1v) is 9.31. The van der Waals surface area contributed by atoms with E-state index >= 15 is 0 Å². The molecule has 3 rings (SSSR count). The summed E-state index contributed by atoms with van der Waals surface area (Å²) in [6.45, 7) is 3.78. The molecule has 9 heteroatoms. The Balaban J connectivity index is 1.64. The van der Waals surface area contributed by atoms with Crippen molar-refractivity contribution in [3.05, 3.63) is 58.6 Å². The number of rotatable bonds is 4. The number of aliphatic imine (C=N–C) groups is 2. The van der Waals surface area contributed by atoms with Gasteiger partial charge in [0.25, 0.3) is 5.91 Å². The van der Waals surface area contributed by atoms with Crippen LogP contribution in [0.1, 0.15) is 17.5 Å². The minimum atomic E-state index is -0.875. The van der Waals surface area contributed by atoms with Gasteiger partial charge in [-0.3, -0.25) is 14.9 Å². The number of hydrogen-bond donors (Lipinski definition) is 4. The highest BCUT2D eigenvalue weighted by molar-refractivity contribution is 6.31. The Morgan fingerprint density at radius 1 is 1.17 bits per heavy atom. The van der Waals surface area contributed by atoms with Crippen LogP contribution in [0.25, 0.3) is 0 Å². The first-order valence-electron chi connectivity index (χ1n) is 8.93. The van der Waals surface area contributed by atoms with Crippen LogP contribution in [0.4, 0.5) is 11.4 Å². The van der Waals surface area contributed by atoms with Gasteiger partial charge in [-0.1, -0.05) is 35.9 Å². The SMILES string of the molecule is Cc1ccc(Cl)cc1NC(=O)CC1N=C(/N=C(\N)Nc2ccccc2C)NC1=O. The van der Waals surface area contributed by atoms with Gasteiger partial charge in [-0.15, -0.1) is 0 Å². The number of para-hydroxylation sites is 1. The van der Waals surface area contributed by atoms with E-state index in [0.29, 0.717) is 10.7 Å². The second-order valence-electron chi connectivity index (χ2n) is 6.61. The van der Waals surface area contributed by atoms with Crippen LogP contribution in [-0.2, 0) is 9.59 Å². The lowest BCUT2D eigenvalue weighted by atomic mass is 10.1. The molecule has 0 saturated heterocycles. The number of nitrogens with two attached hydrogens (primary N) is 1. The van der Waals surface area contributed by atoms with Gasteiger partial charge in [-0.25, -0.2) is 4.99 Å². The maximum Gasteiger partial charge on any atom is 0.252 e. The highest BCUT2D eigenvalue weighted by Crippen LogP contribution is 2.21. The van der Waals surface area contributed by atoms with Crippen LogP contribution in [0.3, 0.4) is 0 Å². The monoisotopic (exact) mass is 412 g/mol. The molecule has 29 heavy (non-hydrogen) atoms. The molecule has 1 atom stereocenters. The molecule has 0 radical (unpaired) electrons. The molecule has 0 bridgehead atoms. The van der Waals surface area contributed by atoms with Crippen LogP contribution in [-0.4, -0.2) is 29.8 Å². The third-order valence-electron chi connectivity index (χ3n) is 4.30. The lowest BCUT2D eigenvalue weighted by Crippen LogP contribution is -2.32. The smallest absolute Gasteiger partial charge is 0.252 e. The van der Waals surface area contributed by atoms with E-state index in [2.05, 4.69) is 25.9 Å². The van der Waals surface area contributed by atoms with Crippen molar-refractivity contribution in [3.63, 3.8) is 0 Å². The summed E-state index contributed by atoms with van der Waals surface area (Å²) in [5, 5.41) is 8.74. The van der Waals surface area contributed by atoms with Crippen molar-refractivity contribution in [3.8, 4) is 0 Å².